The van der Waals surface area contributed by atoms with Crippen LogP contribution in [0.15, 0.2) is 36.7 Å². The summed E-state index contributed by atoms with van der Waals surface area (Å²) in [5, 5.41) is 12.1. The summed E-state index contributed by atoms with van der Waals surface area (Å²) in [5.41, 5.74) is 2.81. The summed E-state index contributed by atoms with van der Waals surface area (Å²) < 4.78 is 0. The molecule has 4 heteroatoms. The van der Waals surface area contributed by atoms with Crippen molar-refractivity contribution in [3.63, 3.8) is 0 Å². The highest BCUT2D eigenvalue weighted by Crippen LogP contribution is 2.18. The number of anilines is 1. The number of hydrogen-bond donors (Lipinski definition) is 1. The maximum Gasteiger partial charge on any atom is 0.130 e. The fourth-order valence-electron chi connectivity index (χ4n) is 1.82. The van der Waals surface area contributed by atoms with Crippen molar-refractivity contribution >= 4 is 5.82 Å². The molecule has 2 aromatic rings. The number of aromatic nitrogens is 2. The molecule has 1 atom stereocenters. The zero-order valence-corrected chi connectivity index (χ0v) is 11.1. The molecule has 0 aliphatic rings. The minimum absolute atomic E-state index is 0.132. The van der Waals surface area contributed by atoms with Crippen LogP contribution in [-0.2, 0) is 6.42 Å². The Morgan fingerprint density at radius 2 is 2.00 bits per heavy atom. The second-order valence-corrected chi connectivity index (χ2v) is 4.35. The van der Waals surface area contributed by atoms with E-state index in [9.17, 15) is 0 Å². The molecule has 0 amide bonds. The minimum atomic E-state index is 0.132. The summed E-state index contributed by atoms with van der Waals surface area (Å²) in [6, 6.07) is 11.8. The molecular weight excluding hydrogens is 236 g/mol. The van der Waals surface area contributed by atoms with Crippen LogP contribution in [0.25, 0.3) is 0 Å². The van der Waals surface area contributed by atoms with Gasteiger partial charge in [-0.3, -0.25) is 0 Å². The van der Waals surface area contributed by atoms with Crippen LogP contribution in [0, 0.1) is 11.3 Å². The zero-order chi connectivity index (χ0) is 13.7. The fraction of sp³-hybridized carbons (Fsp3) is 0.267. The molecule has 0 saturated carbocycles. The molecule has 1 unspecified atom stereocenters. The van der Waals surface area contributed by atoms with Crippen LogP contribution in [0.4, 0.5) is 5.82 Å². The minimum Gasteiger partial charge on any atom is -0.363 e. The van der Waals surface area contributed by atoms with Crippen LogP contribution in [-0.4, -0.2) is 9.97 Å². The Hall–Kier alpha value is -2.41. The Kier molecular flexibility index (Phi) is 4.09. The Bertz CT molecular complexity index is 584. The Balaban J connectivity index is 2.11. The fourth-order valence-corrected chi connectivity index (χ4v) is 1.82. The highest BCUT2D eigenvalue weighted by molar-refractivity contribution is 5.40. The van der Waals surface area contributed by atoms with Gasteiger partial charge < -0.3 is 5.32 Å². The molecule has 1 aromatic heterocycles. The van der Waals surface area contributed by atoms with Crippen molar-refractivity contribution < 1.29 is 0 Å². The van der Waals surface area contributed by atoms with E-state index in [1.54, 1.807) is 6.33 Å². The maximum atomic E-state index is 8.78. The van der Waals surface area contributed by atoms with Crippen molar-refractivity contribution in [3.8, 4) is 6.07 Å². The predicted octanol–water partition coefficient (Wildman–Crippen LogP) is 3.08. The van der Waals surface area contributed by atoms with Crippen molar-refractivity contribution in [2.24, 2.45) is 0 Å². The van der Waals surface area contributed by atoms with Gasteiger partial charge in [0.05, 0.1) is 11.6 Å². The van der Waals surface area contributed by atoms with Gasteiger partial charge in [-0.25, -0.2) is 9.97 Å². The van der Waals surface area contributed by atoms with E-state index in [4.69, 9.17) is 5.26 Å². The number of nitriles is 1. The predicted molar refractivity (Wildman–Crippen MR) is 74.6 cm³/mol. The molecule has 1 aromatic carbocycles. The van der Waals surface area contributed by atoms with Gasteiger partial charge in [0.15, 0.2) is 0 Å². The third-order valence-corrected chi connectivity index (χ3v) is 2.99. The number of nitrogens with zero attached hydrogens (tertiary/aromatic N) is 3. The third-order valence-electron chi connectivity index (χ3n) is 2.99. The lowest BCUT2D eigenvalue weighted by Gasteiger charge is -2.15. The lowest BCUT2D eigenvalue weighted by molar-refractivity contribution is 0.866. The number of aryl methyl sites for hydroxylation is 1. The summed E-state index contributed by atoms with van der Waals surface area (Å²) in [7, 11) is 0. The molecule has 0 aliphatic carbocycles. The molecule has 1 N–H and O–H groups in total. The van der Waals surface area contributed by atoms with Gasteiger partial charge in [0.25, 0.3) is 0 Å². The average molecular weight is 252 g/mol. The van der Waals surface area contributed by atoms with E-state index < -0.39 is 0 Å². The summed E-state index contributed by atoms with van der Waals surface area (Å²) in [5.74, 6) is 0.823. The Labute approximate surface area is 113 Å². The first-order valence-electron chi connectivity index (χ1n) is 6.30. The summed E-state index contributed by atoms with van der Waals surface area (Å²) in [6.07, 6.45) is 2.47. The number of rotatable bonds is 4. The molecule has 4 nitrogen and oxygen atoms in total. The third kappa shape index (κ3) is 3.29. The van der Waals surface area contributed by atoms with Gasteiger partial charge in [0.2, 0.25) is 0 Å². The quantitative estimate of drug-likeness (QED) is 0.908. The topological polar surface area (TPSA) is 61.6 Å². The van der Waals surface area contributed by atoms with Gasteiger partial charge in [0.1, 0.15) is 12.1 Å². The van der Waals surface area contributed by atoms with Crippen LogP contribution in [0.5, 0.6) is 0 Å². The summed E-state index contributed by atoms with van der Waals surface area (Å²) in [6.45, 7) is 4.13. The number of nitrogens with one attached hydrogen (secondary N) is 1. The number of hydrogen-bond acceptors (Lipinski definition) is 4. The first-order chi connectivity index (χ1) is 9.22. The molecule has 0 fully saturated rings. The van der Waals surface area contributed by atoms with Crippen LogP contribution < -0.4 is 5.32 Å². The van der Waals surface area contributed by atoms with Crippen LogP contribution in [0.2, 0.25) is 0 Å². The molecule has 0 bridgehead atoms. The Morgan fingerprint density at radius 3 is 2.63 bits per heavy atom. The SMILES string of the molecule is CCc1cc(NC(C)c2ccc(C#N)cc2)ncn1. The lowest BCUT2D eigenvalue weighted by atomic mass is 10.1. The van der Waals surface area contributed by atoms with Gasteiger partial charge >= 0.3 is 0 Å². The maximum absolute atomic E-state index is 8.78. The van der Waals surface area contributed by atoms with Gasteiger partial charge in [-0.2, -0.15) is 5.26 Å². The second kappa shape index (κ2) is 5.96. The highest BCUT2D eigenvalue weighted by Gasteiger charge is 2.06. The molecule has 96 valence electrons. The van der Waals surface area contributed by atoms with Gasteiger partial charge in [-0.1, -0.05) is 19.1 Å². The van der Waals surface area contributed by atoms with Gasteiger partial charge in [-0.05, 0) is 31.0 Å². The van der Waals surface area contributed by atoms with Crippen molar-refractivity contribution in [2.45, 2.75) is 26.3 Å². The molecular formula is C15H16N4. The first-order valence-corrected chi connectivity index (χ1v) is 6.30. The van der Waals surface area contributed by atoms with Gasteiger partial charge in [0, 0.05) is 17.8 Å². The van der Waals surface area contributed by atoms with Crippen molar-refractivity contribution in [1.82, 2.24) is 9.97 Å². The van der Waals surface area contributed by atoms with Crippen LogP contribution in [0.1, 0.15) is 36.7 Å². The van der Waals surface area contributed by atoms with E-state index in [0.717, 1.165) is 23.5 Å². The van der Waals surface area contributed by atoms with Crippen molar-refractivity contribution in [1.29, 1.82) is 5.26 Å². The molecule has 1 heterocycles. The van der Waals surface area contributed by atoms with E-state index in [1.165, 1.54) is 0 Å². The largest absolute Gasteiger partial charge is 0.363 e. The van der Waals surface area contributed by atoms with E-state index in [0.29, 0.717) is 5.56 Å². The monoisotopic (exact) mass is 252 g/mol. The molecule has 0 aliphatic heterocycles. The molecule has 0 spiro atoms. The molecule has 0 radical (unpaired) electrons. The second-order valence-electron chi connectivity index (χ2n) is 4.35. The van der Waals surface area contributed by atoms with E-state index >= 15 is 0 Å². The van der Waals surface area contributed by atoms with E-state index in [-0.39, 0.29) is 6.04 Å². The number of benzene rings is 1. The van der Waals surface area contributed by atoms with Crippen molar-refractivity contribution in [3.05, 3.63) is 53.5 Å². The average Bonchev–Trinajstić information content (AvgIpc) is 2.47. The normalized spacial score (nSPS) is 11.6. The standard InChI is InChI=1S/C15H16N4/c1-3-14-8-15(18-10-17-14)19-11(2)13-6-4-12(9-16)5-7-13/h4-8,10-11H,3H2,1-2H3,(H,17,18,19). The van der Waals surface area contributed by atoms with Crippen LogP contribution in [0.3, 0.4) is 0 Å². The Morgan fingerprint density at radius 1 is 1.26 bits per heavy atom. The molecule has 19 heavy (non-hydrogen) atoms. The zero-order valence-electron chi connectivity index (χ0n) is 11.1. The highest BCUT2D eigenvalue weighted by atomic mass is 15.0. The molecule has 2 rings (SSSR count). The van der Waals surface area contributed by atoms with Crippen LogP contribution >= 0.6 is 0 Å². The summed E-state index contributed by atoms with van der Waals surface area (Å²) >= 11 is 0. The van der Waals surface area contributed by atoms with E-state index in [1.807, 2.05) is 30.3 Å². The van der Waals surface area contributed by atoms with Crippen molar-refractivity contribution in [2.75, 3.05) is 5.32 Å². The smallest absolute Gasteiger partial charge is 0.130 e. The first kappa shape index (κ1) is 13.0. The van der Waals surface area contributed by atoms with E-state index in [2.05, 4.69) is 35.2 Å². The molecule has 0 saturated heterocycles. The summed E-state index contributed by atoms with van der Waals surface area (Å²) in [4.78, 5) is 8.39. The van der Waals surface area contributed by atoms with Gasteiger partial charge in [-0.15, -0.1) is 0 Å². The lowest BCUT2D eigenvalue weighted by Crippen LogP contribution is -2.08.